The first-order chi connectivity index (χ1) is 16.5. The molecule has 1 N–H and O–H groups in total. The second kappa shape index (κ2) is 12.3. The molecule has 188 valence electrons. The van der Waals surface area contributed by atoms with Crippen LogP contribution >= 0.6 is 0 Å². The highest BCUT2D eigenvalue weighted by molar-refractivity contribution is 5.97. The summed E-state index contributed by atoms with van der Waals surface area (Å²) in [6.07, 6.45) is 10.5. The summed E-state index contributed by atoms with van der Waals surface area (Å²) in [4.78, 5) is 27.6. The van der Waals surface area contributed by atoms with Crippen LogP contribution in [0.2, 0.25) is 0 Å². The average molecular weight is 473 g/mol. The number of carbonyl (C=O) groups excluding carboxylic acids is 2. The maximum Gasteiger partial charge on any atom is 0.220 e. The van der Waals surface area contributed by atoms with Crippen molar-refractivity contribution in [2.24, 2.45) is 23.7 Å². The van der Waals surface area contributed by atoms with Crippen molar-refractivity contribution in [1.29, 1.82) is 0 Å². The first-order valence-electron chi connectivity index (χ1n) is 13.3. The number of piperidine rings is 1. The first-order valence-corrected chi connectivity index (χ1v) is 13.3. The number of benzene rings is 1. The molecule has 5 nitrogen and oxygen atoms in total. The summed E-state index contributed by atoms with van der Waals surface area (Å²) in [6, 6.07) is 6.31. The standard InChI is InChI=1S/C28H41FN2O3/c1-34-19-22-16-21(17-22)18-27(32)30-26-8-2-20(3-9-26)10-13-31-14-11-24(12-15-31)28(33)23-4-6-25(29)7-5-23/h4-7,20-22,24,26H,2-3,8-19H2,1H3,(H,30,32)/t20?,21-,22-,26?. The Kier molecular flexibility index (Phi) is 9.12. The summed E-state index contributed by atoms with van der Waals surface area (Å²) < 4.78 is 18.3. The van der Waals surface area contributed by atoms with Gasteiger partial charge in [0.25, 0.3) is 0 Å². The zero-order valence-electron chi connectivity index (χ0n) is 20.6. The molecule has 0 bridgehead atoms. The molecule has 0 atom stereocenters. The lowest BCUT2D eigenvalue weighted by Crippen LogP contribution is -2.41. The van der Waals surface area contributed by atoms with Crippen LogP contribution in [-0.4, -0.2) is 56.0 Å². The Balaban J connectivity index is 1.07. The van der Waals surface area contributed by atoms with Crippen LogP contribution in [0.15, 0.2) is 24.3 Å². The minimum absolute atomic E-state index is 0.0616. The summed E-state index contributed by atoms with van der Waals surface area (Å²) in [6.45, 7) is 3.86. The summed E-state index contributed by atoms with van der Waals surface area (Å²) in [5.74, 6) is 2.10. The molecule has 2 saturated carbocycles. The minimum atomic E-state index is -0.298. The molecule has 0 spiro atoms. The number of hydrogen-bond donors (Lipinski definition) is 1. The van der Waals surface area contributed by atoms with Crippen molar-refractivity contribution in [1.82, 2.24) is 10.2 Å². The maximum atomic E-state index is 13.1. The summed E-state index contributed by atoms with van der Waals surface area (Å²) in [5, 5.41) is 3.29. The minimum Gasteiger partial charge on any atom is -0.384 e. The molecule has 0 unspecified atom stereocenters. The molecular formula is C28H41FN2O3. The van der Waals surface area contributed by atoms with Gasteiger partial charge in [-0.2, -0.15) is 0 Å². The highest BCUT2D eigenvalue weighted by atomic mass is 19.1. The van der Waals surface area contributed by atoms with Crippen molar-refractivity contribution >= 4 is 11.7 Å². The van der Waals surface area contributed by atoms with Gasteiger partial charge in [-0.15, -0.1) is 0 Å². The average Bonchev–Trinajstić information content (AvgIpc) is 2.83. The Hall–Kier alpha value is -1.79. The summed E-state index contributed by atoms with van der Waals surface area (Å²) in [7, 11) is 1.75. The Labute approximate surface area is 203 Å². The number of ether oxygens (including phenoxy) is 1. The van der Waals surface area contributed by atoms with Crippen LogP contribution < -0.4 is 5.32 Å². The Morgan fingerprint density at radius 2 is 1.65 bits per heavy atom. The van der Waals surface area contributed by atoms with E-state index >= 15 is 0 Å². The third-order valence-corrected chi connectivity index (χ3v) is 8.36. The number of ketones is 1. The lowest BCUT2D eigenvalue weighted by atomic mass is 9.73. The SMILES string of the molecule is COC[C@H]1C[C@H](CC(=O)NC2CCC(CCN3CCC(C(=O)c4ccc(F)cc4)CC3)CC2)C1. The lowest BCUT2D eigenvalue weighted by Gasteiger charge is -2.36. The topological polar surface area (TPSA) is 58.6 Å². The van der Waals surface area contributed by atoms with Gasteiger partial charge in [0, 0.05) is 37.7 Å². The fourth-order valence-corrected chi connectivity index (χ4v) is 6.19. The number of Topliss-reactive ketones (excluding diaryl/α,β-unsaturated/α-hetero) is 1. The van der Waals surface area contributed by atoms with Crippen molar-refractivity contribution in [2.75, 3.05) is 33.4 Å². The van der Waals surface area contributed by atoms with E-state index in [1.165, 1.54) is 31.4 Å². The normalized spacial score (nSPS) is 28.3. The molecular weight excluding hydrogens is 431 g/mol. The largest absolute Gasteiger partial charge is 0.384 e. The summed E-state index contributed by atoms with van der Waals surface area (Å²) >= 11 is 0. The maximum absolute atomic E-state index is 13.1. The van der Waals surface area contributed by atoms with Crippen molar-refractivity contribution in [3.05, 3.63) is 35.6 Å². The van der Waals surface area contributed by atoms with Crippen LogP contribution in [0.3, 0.4) is 0 Å². The highest BCUT2D eigenvalue weighted by Gasteiger charge is 2.32. The zero-order valence-corrected chi connectivity index (χ0v) is 20.6. The van der Waals surface area contributed by atoms with Gasteiger partial charge in [0.1, 0.15) is 5.82 Å². The quantitative estimate of drug-likeness (QED) is 0.495. The number of rotatable bonds is 10. The van der Waals surface area contributed by atoms with Gasteiger partial charge < -0.3 is 15.0 Å². The van der Waals surface area contributed by atoms with Crippen molar-refractivity contribution < 1.29 is 18.7 Å². The fourth-order valence-electron chi connectivity index (χ4n) is 6.19. The molecule has 1 amide bonds. The van der Waals surface area contributed by atoms with Crippen molar-refractivity contribution in [3.63, 3.8) is 0 Å². The van der Waals surface area contributed by atoms with Crippen LogP contribution in [0, 0.1) is 29.5 Å². The highest BCUT2D eigenvalue weighted by Crippen LogP contribution is 2.36. The molecule has 2 aliphatic carbocycles. The number of methoxy groups -OCH3 is 1. The molecule has 1 aromatic rings. The van der Waals surface area contributed by atoms with Gasteiger partial charge in [-0.1, -0.05) is 0 Å². The Morgan fingerprint density at radius 3 is 2.29 bits per heavy atom. The van der Waals surface area contributed by atoms with Gasteiger partial charge in [-0.3, -0.25) is 9.59 Å². The molecule has 6 heteroatoms. The molecule has 1 aliphatic heterocycles. The fraction of sp³-hybridized carbons (Fsp3) is 0.714. The number of hydrogen-bond acceptors (Lipinski definition) is 4. The van der Waals surface area contributed by atoms with Crippen LogP contribution in [-0.2, 0) is 9.53 Å². The molecule has 1 saturated heterocycles. The number of carbonyl (C=O) groups is 2. The molecule has 0 radical (unpaired) electrons. The van der Waals surface area contributed by atoms with E-state index in [0.717, 1.165) is 70.7 Å². The number of halogens is 1. The van der Waals surface area contributed by atoms with Gasteiger partial charge in [-0.25, -0.2) is 4.39 Å². The number of likely N-dealkylation sites (tertiary alicyclic amines) is 1. The second-order valence-electron chi connectivity index (χ2n) is 10.9. The van der Waals surface area contributed by atoms with Crippen LogP contribution in [0.25, 0.3) is 0 Å². The smallest absolute Gasteiger partial charge is 0.220 e. The molecule has 4 rings (SSSR count). The molecule has 0 aromatic heterocycles. The van der Waals surface area contributed by atoms with Gasteiger partial charge in [0.2, 0.25) is 5.91 Å². The molecule has 34 heavy (non-hydrogen) atoms. The monoisotopic (exact) mass is 472 g/mol. The van der Waals surface area contributed by atoms with E-state index in [0.29, 0.717) is 29.9 Å². The zero-order chi connectivity index (χ0) is 23.9. The first kappa shape index (κ1) is 25.3. The van der Waals surface area contributed by atoms with Crippen LogP contribution in [0.4, 0.5) is 4.39 Å². The van der Waals surface area contributed by atoms with E-state index in [-0.39, 0.29) is 23.4 Å². The second-order valence-corrected chi connectivity index (χ2v) is 10.9. The van der Waals surface area contributed by atoms with Gasteiger partial charge in [0.15, 0.2) is 5.78 Å². The van der Waals surface area contributed by atoms with Crippen LogP contribution in [0.5, 0.6) is 0 Å². The molecule has 3 aliphatic rings. The van der Waals surface area contributed by atoms with E-state index in [1.54, 1.807) is 19.2 Å². The lowest BCUT2D eigenvalue weighted by molar-refractivity contribution is -0.124. The number of amides is 1. The van der Waals surface area contributed by atoms with Gasteiger partial charge in [-0.05, 0) is 119 Å². The van der Waals surface area contributed by atoms with E-state index in [9.17, 15) is 14.0 Å². The van der Waals surface area contributed by atoms with E-state index in [2.05, 4.69) is 10.2 Å². The predicted molar refractivity (Wildman–Crippen MR) is 131 cm³/mol. The van der Waals surface area contributed by atoms with Gasteiger partial charge >= 0.3 is 0 Å². The van der Waals surface area contributed by atoms with Crippen molar-refractivity contribution in [3.8, 4) is 0 Å². The third-order valence-electron chi connectivity index (χ3n) is 8.36. The number of nitrogens with zero attached hydrogens (tertiary/aromatic N) is 1. The van der Waals surface area contributed by atoms with E-state index < -0.39 is 0 Å². The Morgan fingerprint density at radius 1 is 0.971 bits per heavy atom. The number of nitrogens with one attached hydrogen (secondary N) is 1. The van der Waals surface area contributed by atoms with E-state index in [1.807, 2.05) is 0 Å². The molecule has 3 fully saturated rings. The van der Waals surface area contributed by atoms with Gasteiger partial charge in [0.05, 0.1) is 0 Å². The Bertz CT molecular complexity index is 792. The van der Waals surface area contributed by atoms with Crippen molar-refractivity contribution in [2.45, 2.75) is 70.3 Å². The molecule has 1 heterocycles. The van der Waals surface area contributed by atoms with Crippen LogP contribution in [0.1, 0.15) is 74.6 Å². The summed E-state index contributed by atoms with van der Waals surface area (Å²) in [5.41, 5.74) is 0.631. The van der Waals surface area contributed by atoms with E-state index in [4.69, 9.17) is 4.74 Å². The predicted octanol–water partition coefficient (Wildman–Crippen LogP) is 4.85. The third kappa shape index (κ3) is 7.11. The molecule has 1 aromatic carbocycles.